The molecule has 0 aromatic rings. The first kappa shape index (κ1) is 9.05. The summed E-state index contributed by atoms with van der Waals surface area (Å²) in [4.78, 5) is 12.4. The lowest BCUT2D eigenvalue weighted by Gasteiger charge is -2.17. The van der Waals surface area contributed by atoms with Crippen LogP contribution in [0, 0.1) is 17.2 Å². The summed E-state index contributed by atoms with van der Waals surface area (Å²) in [7, 11) is 1.70. The van der Waals surface area contributed by atoms with Crippen LogP contribution in [0.2, 0.25) is 0 Å². The van der Waals surface area contributed by atoms with Gasteiger partial charge in [0.25, 0.3) is 0 Å². The molecule has 3 nitrogen and oxygen atoms in total. The summed E-state index contributed by atoms with van der Waals surface area (Å²) in [6, 6.07) is 1.63. The smallest absolute Gasteiger partial charge is 0.324 e. The molecule has 1 aliphatic carbocycles. The zero-order valence-electron chi connectivity index (χ0n) is 7.42. The third kappa shape index (κ3) is 2.23. The van der Waals surface area contributed by atoms with E-state index < -0.39 is 5.91 Å². The summed E-state index contributed by atoms with van der Waals surface area (Å²) in [5, 5.41) is 8.34. The molecule has 0 unspecified atom stereocenters. The van der Waals surface area contributed by atoms with Gasteiger partial charge >= 0.3 is 5.91 Å². The van der Waals surface area contributed by atoms with E-state index in [0.717, 1.165) is 6.54 Å². The molecular weight excluding hydrogens is 152 g/mol. The molecule has 3 heteroatoms. The van der Waals surface area contributed by atoms with Crippen molar-refractivity contribution in [2.75, 3.05) is 13.6 Å². The fourth-order valence-corrected chi connectivity index (χ4v) is 1.75. The SMILES string of the molecule is CN(CC1CCCC1)C(=O)C#N. The van der Waals surface area contributed by atoms with E-state index in [-0.39, 0.29) is 0 Å². The molecule has 1 aliphatic rings. The van der Waals surface area contributed by atoms with Crippen LogP contribution in [0.25, 0.3) is 0 Å². The fraction of sp³-hybridized carbons (Fsp3) is 0.778. The number of hydrogen-bond acceptors (Lipinski definition) is 2. The lowest BCUT2D eigenvalue weighted by molar-refractivity contribution is -0.124. The molecule has 1 saturated carbocycles. The van der Waals surface area contributed by atoms with Crippen molar-refractivity contribution in [3.8, 4) is 6.07 Å². The molecule has 1 rings (SSSR count). The number of nitrogens with zero attached hydrogens (tertiary/aromatic N) is 2. The van der Waals surface area contributed by atoms with Crippen LogP contribution in [0.5, 0.6) is 0 Å². The number of rotatable bonds is 2. The zero-order chi connectivity index (χ0) is 8.97. The Labute approximate surface area is 73.0 Å². The van der Waals surface area contributed by atoms with Crippen molar-refractivity contribution >= 4 is 5.91 Å². The van der Waals surface area contributed by atoms with E-state index in [2.05, 4.69) is 0 Å². The van der Waals surface area contributed by atoms with E-state index in [9.17, 15) is 4.79 Å². The van der Waals surface area contributed by atoms with Gasteiger partial charge in [0.15, 0.2) is 6.07 Å². The van der Waals surface area contributed by atoms with E-state index in [1.807, 2.05) is 0 Å². The van der Waals surface area contributed by atoms with Crippen LogP contribution in [-0.2, 0) is 4.79 Å². The molecule has 0 heterocycles. The summed E-state index contributed by atoms with van der Waals surface area (Å²) in [5.74, 6) is 0.217. The summed E-state index contributed by atoms with van der Waals surface area (Å²) in [6.07, 6.45) is 4.98. The Kier molecular flexibility index (Phi) is 3.09. The Morgan fingerprint density at radius 2 is 2.17 bits per heavy atom. The van der Waals surface area contributed by atoms with Crippen molar-refractivity contribution in [3.05, 3.63) is 0 Å². The molecule has 0 aromatic carbocycles. The standard InChI is InChI=1S/C9H14N2O/c1-11(9(12)6-10)7-8-4-2-3-5-8/h8H,2-5,7H2,1H3. The molecule has 12 heavy (non-hydrogen) atoms. The Hall–Kier alpha value is -1.04. The van der Waals surface area contributed by atoms with Gasteiger partial charge in [-0.05, 0) is 18.8 Å². The van der Waals surface area contributed by atoms with Crippen LogP contribution < -0.4 is 0 Å². The van der Waals surface area contributed by atoms with Gasteiger partial charge in [0.1, 0.15) is 0 Å². The molecule has 66 valence electrons. The largest absolute Gasteiger partial charge is 0.333 e. The van der Waals surface area contributed by atoms with Gasteiger partial charge < -0.3 is 4.90 Å². The number of carbonyl (C=O) groups is 1. The third-order valence-corrected chi connectivity index (χ3v) is 2.45. The quantitative estimate of drug-likeness (QED) is 0.578. The van der Waals surface area contributed by atoms with Crippen LogP contribution in [0.3, 0.4) is 0 Å². The topological polar surface area (TPSA) is 44.1 Å². The van der Waals surface area contributed by atoms with Gasteiger partial charge in [-0.1, -0.05) is 12.8 Å². The summed E-state index contributed by atoms with van der Waals surface area (Å²) in [5.41, 5.74) is 0. The van der Waals surface area contributed by atoms with E-state index in [1.165, 1.54) is 30.6 Å². The van der Waals surface area contributed by atoms with Gasteiger partial charge in [0, 0.05) is 13.6 Å². The predicted octanol–water partition coefficient (Wildman–Crippen LogP) is 1.16. The van der Waals surface area contributed by atoms with Crippen molar-refractivity contribution in [1.82, 2.24) is 4.90 Å². The molecule has 0 saturated heterocycles. The highest BCUT2D eigenvalue weighted by Crippen LogP contribution is 2.24. The minimum absolute atomic E-state index is 0.415. The molecule has 0 bridgehead atoms. The minimum atomic E-state index is -0.415. The average Bonchev–Trinajstić information content (AvgIpc) is 2.55. The van der Waals surface area contributed by atoms with Crippen molar-refractivity contribution in [3.63, 3.8) is 0 Å². The highest BCUT2D eigenvalue weighted by Gasteiger charge is 2.18. The van der Waals surface area contributed by atoms with Gasteiger partial charge in [-0.2, -0.15) is 5.26 Å². The second kappa shape index (κ2) is 4.10. The maximum atomic E-state index is 10.9. The molecule has 0 N–H and O–H groups in total. The maximum absolute atomic E-state index is 10.9. The lowest BCUT2D eigenvalue weighted by atomic mass is 10.1. The van der Waals surface area contributed by atoms with Crippen molar-refractivity contribution in [2.24, 2.45) is 5.92 Å². The van der Waals surface area contributed by atoms with E-state index in [1.54, 1.807) is 13.1 Å². The van der Waals surface area contributed by atoms with Crippen LogP contribution in [0.1, 0.15) is 25.7 Å². The summed E-state index contributed by atoms with van der Waals surface area (Å²) in [6.45, 7) is 0.756. The van der Waals surface area contributed by atoms with E-state index >= 15 is 0 Å². The number of carbonyl (C=O) groups excluding carboxylic acids is 1. The minimum Gasteiger partial charge on any atom is -0.333 e. The predicted molar refractivity (Wildman–Crippen MR) is 45.2 cm³/mol. The molecule has 0 aromatic heterocycles. The van der Waals surface area contributed by atoms with Gasteiger partial charge in [0.2, 0.25) is 0 Å². The van der Waals surface area contributed by atoms with Crippen LogP contribution in [0.4, 0.5) is 0 Å². The Morgan fingerprint density at radius 3 is 2.67 bits per heavy atom. The maximum Gasteiger partial charge on any atom is 0.324 e. The number of amides is 1. The first-order chi connectivity index (χ1) is 5.74. The van der Waals surface area contributed by atoms with Crippen LogP contribution in [-0.4, -0.2) is 24.4 Å². The van der Waals surface area contributed by atoms with Gasteiger partial charge in [-0.3, -0.25) is 4.79 Å². The fourth-order valence-electron chi connectivity index (χ4n) is 1.75. The van der Waals surface area contributed by atoms with Crippen LogP contribution >= 0.6 is 0 Å². The second-order valence-electron chi connectivity index (χ2n) is 3.45. The summed E-state index contributed by atoms with van der Waals surface area (Å²) < 4.78 is 0. The molecule has 0 atom stereocenters. The van der Waals surface area contributed by atoms with E-state index in [0.29, 0.717) is 5.92 Å². The summed E-state index contributed by atoms with van der Waals surface area (Å²) >= 11 is 0. The lowest BCUT2D eigenvalue weighted by Crippen LogP contribution is -2.29. The first-order valence-electron chi connectivity index (χ1n) is 4.39. The molecule has 0 aliphatic heterocycles. The van der Waals surface area contributed by atoms with Crippen molar-refractivity contribution < 1.29 is 4.79 Å². The van der Waals surface area contributed by atoms with Crippen molar-refractivity contribution in [2.45, 2.75) is 25.7 Å². The highest BCUT2D eigenvalue weighted by atomic mass is 16.2. The molecule has 1 fully saturated rings. The number of hydrogen-bond donors (Lipinski definition) is 0. The highest BCUT2D eigenvalue weighted by molar-refractivity contribution is 5.90. The Morgan fingerprint density at radius 1 is 1.58 bits per heavy atom. The van der Waals surface area contributed by atoms with Crippen LogP contribution in [0.15, 0.2) is 0 Å². The van der Waals surface area contributed by atoms with Gasteiger partial charge in [0.05, 0.1) is 0 Å². The molecular formula is C9H14N2O. The molecule has 0 radical (unpaired) electrons. The van der Waals surface area contributed by atoms with Gasteiger partial charge in [-0.25, -0.2) is 0 Å². The molecule has 0 spiro atoms. The Bertz CT molecular complexity index is 201. The first-order valence-corrected chi connectivity index (χ1v) is 4.39. The molecule has 1 amide bonds. The van der Waals surface area contributed by atoms with E-state index in [4.69, 9.17) is 5.26 Å². The zero-order valence-corrected chi connectivity index (χ0v) is 7.42. The third-order valence-electron chi connectivity index (χ3n) is 2.45. The second-order valence-corrected chi connectivity index (χ2v) is 3.45. The average molecular weight is 166 g/mol. The number of nitriles is 1. The normalized spacial score (nSPS) is 17.3. The monoisotopic (exact) mass is 166 g/mol. The van der Waals surface area contributed by atoms with Gasteiger partial charge in [-0.15, -0.1) is 0 Å². The van der Waals surface area contributed by atoms with Crippen molar-refractivity contribution in [1.29, 1.82) is 5.26 Å². The Balaban J connectivity index is 2.30.